The van der Waals surface area contributed by atoms with Crippen molar-refractivity contribution in [2.45, 2.75) is 0 Å². The number of pyridine rings is 4. The Labute approximate surface area is 198 Å². The predicted octanol–water partition coefficient (Wildman–Crippen LogP) is 3.48. The number of fused-ring (bicyclic) bond motifs is 2. The Bertz CT molecular complexity index is 1660. The monoisotopic (exact) mass is 462 g/mol. The van der Waals surface area contributed by atoms with Crippen molar-refractivity contribution in [1.29, 1.82) is 0 Å². The van der Waals surface area contributed by atoms with Crippen LogP contribution in [0.3, 0.4) is 0 Å². The lowest BCUT2D eigenvalue weighted by Crippen LogP contribution is -2.10. The minimum Gasteiger partial charge on any atom is -0.480 e. The maximum Gasteiger partial charge on any atom is 0.260 e. The Balaban J connectivity index is 0.000000145. The number of nitrogens with one attached hydrogen (secondary N) is 1. The number of methoxy groups -OCH3 is 1. The molecule has 0 spiro atoms. The molecule has 0 saturated carbocycles. The van der Waals surface area contributed by atoms with Crippen LogP contribution in [0.4, 0.5) is 0 Å². The standard InChI is InChI=1S/C13H10N4O.C12H8N4O/c1-18-13-9-5-4-8-15-11(9)16-12(17-13)10-6-2-3-7-14-10;17-12-8-4-3-7-14-10(8)15-11(16-12)9-5-1-2-6-13-9/h2-8H,1H3;1-7H,(H,14,15,16,17). The summed E-state index contributed by atoms with van der Waals surface area (Å²) in [7, 11) is 1.58. The van der Waals surface area contributed by atoms with E-state index in [-0.39, 0.29) is 5.56 Å². The fourth-order valence-electron chi connectivity index (χ4n) is 3.30. The highest BCUT2D eigenvalue weighted by atomic mass is 16.5. The van der Waals surface area contributed by atoms with Crippen LogP contribution >= 0.6 is 0 Å². The third-order valence-corrected chi connectivity index (χ3v) is 4.91. The molecule has 10 heteroatoms. The molecule has 6 rings (SSSR count). The second kappa shape index (κ2) is 9.79. The van der Waals surface area contributed by atoms with E-state index in [9.17, 15) is 4.79 Å². The van der Waals surface area contributed by atoms with Gasteiger partial charge in [-0.3, -0.25) is 14.8 Å². The topological polar surface area (TPSA) is 132 Å². The highest BCUT2D eigenvalue weighted by molar-refractivity contribution is 5.81. The average Bonchev–Trinajstić information content (AvgIpc) is 2.94. The molecule has 1 N–H and O–H groups in total. The molecule has 0 saturated heterocycles. The first-order valence-electron chi connectivity index (χ1n) is 10.6. The molecule has 0 aliphatic heterocycles. The lowest BCUT2D eigenvalue weighted by atomic mass is 10.3. The summed E-state index contributed by atoms with van der Waals surface area (Å²) in [6.07, 6.45) is 6.65. The van der Waals surface area contributed by atoms with E-state index in [2.05, 4.69) is 39.9 Å². The second-order valence-corrected chi connectivity index (χ2v) is 7.15. The number of rotatable bonds is 3. The van der Waals surface area contributed by atoms with E-state index in [0.29, 0.717) is 45.6 Å². The van der Waals surface area contributed by atoms with Crippen LogP contribution in [-0.4, -0.2) is 47.0 Å². The third-order valence-electron chi connectivity index (χ3n) is 4.91. The summed E-state index contributed by atoms with van der Waals surface area (Å²) in [5.41, 5.74) is 2.14. The molecular formula is C25H18N8O2. The van der Waals surface area contributed by atoms with Crippen molar-refractivity contribution in [3.05, 3.63) is 95.8 Å². The lowest BCUT2D eigenvalue weighted by Gasteiger charge is -2.05. The van der Waals surface area contributed by atoms with Crippen molar-refractivity contribution < 1.29 is 4.74 Å². The van der Waals surface area contributed by atoms with E-state index >= 15 is 0 Å². The van der Waals surface area contributed by atoms with Crippen LogP contribution in [0.25, 0.3) is 45.1 Å². The van der Waals surface area contributed by atoms with E-state index in [4.69, 9.17) is 4.74 Å². The Kier molecular flexibility index (Phi) is 6.07. The summed E-state index contributed by atoms with van der Waals surface area (Å²) in [4.78, 5) is 44.2. The van der Waals surface area contributed by atoms with E-state index < -0.39 is 0 Å². The van der Waals surface area contributed by atoms with Gasteiger partial charge in [0.15, 0.2) is 22.9 Å². The molecule has 0 atom stereocenters. The molecule has 0 aliphatic carbocycles. The molecule has 0 amide bonds. The summed E-state index contributed by atoms with van der Waals surface area (Å²) in [6, 6.07) is 18.1. The molecule has 0 unspecified atom stereocenters. The highest BCUT2D eigenvalue weighted by Crippen LogP contribution is 2.23. The molecule has 6 heterocycles. The van der Waals surface area contributed by atoms with Crippen molar-refractivity contribution in [2.75, 3.05) is 7.11 Å². The van der Waals surface area contributed by atoms with Crippen LogP contribution in [0.1, 0.15) is 0 Å². The van der Waals surface area contributed by atoms with E-state index in [1.54, 1.807) is 56.2 Å². The number of H-pyrrole nitrogens is 1. The van der Waals surface area contributed by atoms with Crippen LogP contribution in [0, 0.1) is 0 Å². The minimum atomic E-state index is -0.205. The predicted molar refractivity (Wildman–Crippen MR) is 131 cm³/mol. The van der Waals surface area contributed by atoms with Crippen molar-refractivity contribution in [2.24, 2.45) is 0 Å². The molecule has 0 radical (unpaired) electrons. The fourth-order valence-corrected chi connectivity index (χ4v) is 3.30. The molecule has 170 valence electrons. The summed E-state index contributed by atoms with van der Waals surface area (Å²) >= 11 is 0. The lowest BCUT2D eigenvalue weighted by molar-refractivity contribution is 0.403. The van der Waals surface area contributed by atoms with E-state index in [1.807, 2.05) is 36.4 Å². The van der Waals surface area contributed by atoms with Crippen LogP contribution in [0.2, 0.25) is 0 Å². The van der Waals surface area contributed by atoms with Gasteiger partial charge in [-0.15, -0.1) is 0 Å². The van der Waals surface area contributed by atoms with Crippen molar-refractivity contribution >= 4 is 22.1 Å². The van der Waals surface area contributed by atoms with Gasteiger partial charge >= 0.3 is 0 Å². The van der Waals surface area contributed by atoms with Gasteiger partial charge in [-0.05, 0) is 48.5 Å². The molecular weight excluding hydrogens is 444 g/mol. The van der Waals surface area contributed by atoms with Crippen LogP contribution < -0.4 is 10.3 Å². The number of aromatic amines is 1. The number of ether oxygens (including phenoxy) is 1. The fraction of sp³-hybridized carbons (Fsp3) is 0.0400. The van der Waals surface area contributed by atoms with Crippen molar-refractivity contribution in [1.82, 2.24) is 39.9 Å². The van der Waals surface area contributed by atoms with Gasteiger partial charge in [0.1, 0.15) is 11.4 Å². The number of nitrogens with zero attached hydrogens (tertiary/aromatic N) is 7. The normalized spacial score (nSPS) is 10.5. The first kappa shape index (κ1) is 21.7. The van der Waals surface area contributed by atoms with Crippen LogP contribution in [0.5, 0.6) is 5.88 Å². The van der Waals surface area contributed by atoms with Crippen LogP contribution in [0.15, 0.2) is 90.2 Å². The molecule has 0 bridgehead atoms. The van der Waals surface area contributed by atoms with Crippen LogP contribution in [-0.2, 0) is 0 Å². The van der Waals surface area contributed by atoms with Gasteiger partial charge < -0.3 is 9.72 Å². The zero-order chi connectivity index (χ0) is 24.0. The van der Waals surface area contributed by atoms with Gasteiger partial charge in [0.25, 0.3) is 5.56 Å². The van der Waals surface area contributed by atoms with Gasteiger partial charge in [0.05, 0.1) is 17.9 Å². The smallest absolute Gasteiger partial charge is 0.260 e. The van der Waals surface area contributed by atoms with Gasteiger partial charge in [-0.25, -0.2) is 19.9 Å². The molecule has 35 heavy (non-hydrogen) atoms. The van der Waals surface area contributed by atoms with Gasteiger partial charge in [0.2, 0.25) is 5.88 Å². The molecule has 0 fully saturated rings. The molecule has 10 nitrogen and oxygen atoms in total. The minimum absolute atomic E-state index is 0.205. The number of hydrogen-bond acceptors (Lipinski definition) is 9. The summed E-state index contributed by atoms with van der Waals surface area (Å²) < 4.78 is 5.27. The first-order chi connectivity index (χ1) is 17.2. The van der Waals surface area contributed by atoms with Crippen molar-refractivity contribution in [3.63, 3.8) is 0 Å². The SMILES string of the molecule is COc1nc(-c2ccccn2)nc2ncccc12.O=c1[nH]c(-c2ccccn2)nc2ncccc12. The Hall–Kier alpha value is -5.12. The molecule has 6 aromatic rings. The van der Waals surface area contributed by atoms with Gasteiger partial charge in [-0.1, -0.05) is 12.1 Å². The summed E-state index contributed by atoms with van der Waals surface area (Å²) in [5, 5.41) is 1.27. The number of hydrogen-bond donors (Lipinski definition) is 1. The van der Waals surface area contributed by atoms with E-state index in [1.165, 1.54) is 0 Å². The van der Waals surface area contributed by atoms with Gasteiger partial charge in [0, 0.05) is 24.8 Å². The zero-order valence-electron chi connectivity index (χ0n) is 18.5. The highest BCUT2D eigenvalue weighted by Gasteiger charge is 2.10. The third kappa shape index (κ3) is 4.67. The Morgan fingerprint density at radius 1 is 0.657 bits per heavy atom. The molecule has 6 aromatic heterocycles. The Morgan fingerprint density at radius 3 is 1.94 bits per heavy atom. The first-order valence-corrected chi connectivity index (χ1v) is 10.6. The number of aromatic nitrogens is 8. The van der Waals surface area contributed by atoms with Gasteiger partial charge in [-0.2, -0.15) is 4.98 Å². The molecule has 0 aliphatic rings. The zero-order valence-corrected chi connectivity index (χ0v) is 18.5. The quantitative estimate of drug-likeness (QED) is 0.420. The Morgan fingerprint density at radius 2 is 1.29 bits per heavy atom. The molecule has 0 aromatic carbocycles. The average molecular weight is 462 g/mol. The maximum atomic E-state index is 11.8. The summed E-state index contributed by atoms with van der Waals surface area (Å²) in [6.45, 7) is 0. The largest absolute Gasteiger partial charge is 0.480 e. The van der Waals surface area contributed by atoms with E-state index in [0.717, 1.165) is 5.39 Å². The second-order valence-electron chi connectivity index (χ2n) is 7.15. The maximum absolute atomic E-state index is 11.8. The van der Waals surface area contributed by atoms with Crippen molar-refractivity contribution in [3.8, 4) is 28.9 Å². The summed E-state index contributed by atoms with van der Waals surface area (Å²) in [5.74, 6) is 1.45.